The number of rotatable bonds is 4. The quantitative estimate of drug-likeness (QED) is 0.861. The Morgan fingerprint density at radius 1 is 1.57 bits per heavy atom. The zero-order valence-electron chi connectivity index (χ0n) is 8.17. The van der Waals surface area contributed by atoms with Gasteiger partial charge in [-0.25, -0.2) is 9.97 Å². The summed E-state index contributed by atoms with van der Waals surface area (Å²) < 4.78 is 0.857. The van der Waals surface area contributed by atoms with Gasteiger partial charge in [0.15, 0.2) is 0 Å². The Labute approximate surface area is 97.4 Å². The third-order valence-electron chi connectivity index (χ3n) is 1.96. The van der Waals surface area contributed by atoms with E-state index in [0.29, 0.717) is 11.8 Å². The zero-order valence-corrected chi connectivity index (χ0v) is 10.5. The fraction of sp³-hybridized carbons (Fsp3) is 0.556. The highest BCUT2D eigenvalue weighted by Gasteiger charge is 2.13. The number of anilines is 1. The lowest BCUT2D eigenvalue weighted by molar-refractivity contribution is 0.562. The number of nitrogens with one attached hydrogen (secondary N) is 1. The molecule has 0 saturated carbocycles. The minimum Gasteiger partial charge on any atom is -0.365 e. The maximum atomic E-state index is 5.84. The van der Waals surface area contributed by atoms with Crippen LogP contribution in [0.25, 0.3) is 0 Å². The molecule has 0 saturated heterocycles. The van der Waals surface area contributed by atoms with Gasteiger partial charge in [0.2, 0.25) is 0 Å². The molecule has 3 nitrogen and oxygen atoms in total. The van der Waals surface area contributed by atoms with Crippen molar-refractivity contribution in [3.8, 4) is 0 Å². The molecule has 0 fully saturated rings. The number of hydrogen-bond acceptors (Lipinski definition) is 3. The highest BCUT2D eigenvalue weighted by atomic mass is 79.9. The summed E-state index contributed by atoms with van der Waals surface area (Å²) in [5, 5.41) is 3.27. The van der Waals surface area contributed by atoms with Gasteiger partial charge in [0, 0.05) is 18.1 Å². The SMILES string of the molecule is CC(C)C(CCl)Nc1ncncc1Br. The van der Waals surface area contributed by atoms with Crippen LogP contribution in [-0.2, 0) is 0 Å². The standard InChI is InChI=1S/C9H13BrClN3/c1-6(2)8(3-11)14-9-7(10)4-12-5-13-9/h4-6,8H,3H2,1-2H3,(H,12,13,14). The first-order valence-corrected chi connectivity index (χ1v) is 5.76. The number of halogens is 2. The number of hydrogen-bond donors (Lipinski definition) is 1. The van der Waals surface area contributed by atoms with E-state index in [2.05, 4.69) is 45.1 Å². The first-order valence-electron chi connectivity index (χ1n) is 4.43. The summed E-state index contributed by atoms with van der Waals surface area (Å²) in [6.45, 7) is 4.24. The summed E-state index contributed by atoms with van der Waals surface area (Å²) in [4.78, 5) is 8.01. The van der Waals surface area contributed by atoms with Gasteiger partial charge in [-0.3, -0.25) is 0 Å². The average molecular weight is 279 g/mol. The molecule has 1 N–H and O–H groups in total. The van der Waals surface area contributed by atoms with Crippen LogP contribution < -0.4 is 5.32 Å². The molecular formula is C9H13BrClN3. The second-order valence-corrected chi connectivity index (χ2v) is 4.53. The third-order valence-corrected chi connectivity index (χ3v) is 2.87. The van der Waals surface area contributed by atoms with Crippen LogP contribution in [0.1, 0.15) is 13.8 Å². The van der Waals surface area contributed by atoms with E-state index < -0.39 is 0 Å². The molecule has 78 valence electrons. The van der Waals surface area contributed by atoms with Crippen LogP contribution in [0, 0.1) is 5.92 Å². The first-order chi connectivity index (χ1) is 6.65. The van der Waals surface area contributed by atoms with Crippen LogP contribution in [0.4, 0.5) is 5.82 Å². The summed E-state index contributed by atoms with van der Waals surface area (Å²) in [5.41, 5.74) is 0. The third kappa shape index (κ3) is 3.10. The van der Waals surface area contributed by atoms with Crippen molar-refractivity contribution in [1.29, 1.82) is 0 Å². The van der Waals surface area contributed by atoms with Crippen LogP contribution in [0.3, 0.4) is 0 Å². The van der Waals surface area contributed by atoms with Crippen molar-refractivity contribution in [1.82, 2.24) is 9.97 Å². The molecule has 0 spiro atoms. The van der Waals surface area contributed by atoms with Gasteiger partial charge in [-0.1, -0.05) is 13.8 Å². The van der Waals surface area contributed by atoms with Crippen molar-refractivity contribution in [3.63, 3.8) is 0 Å². The molecule has 0 aliphatic heterocycles. The van der Waals surface area contributed by atoms with Crippen molar-refractivity contribution >= 4 is 33.3 Å². The molecule has 1 atom stereocenters. The molecule has 1 aromatic rings. The van der Waals surface area contributed by atoms with Gasteiger partial charge in [-0.15, -0.1) is 11.6 Å². The van der Waals surface area contributed by atoms with Crippen molar-refractivity contribution in [2.24, 2.45) is 5.92 Å². The molecular weight excluding hydrogens is 265 g/mol. The van der Waals surface area contributed by atoms with Crippen LogP contribution in [-0.4, -0.2) is 21.9 Å². The second kappa shape index (κ2) is 5.51. The average Bonchev–Trinajstić information content (AvgIpc) is 2.16. The Morgan fingerprint density at radius 2 is 2.29 bits per heavy atom. The predicted octanol–water partition coefficient (Wildman–Crippen LogP) is 2.91. The Bertz CT molecular complexity index is 293. The van der Waals surface area contributed by atoms with Crippen molar-refractivity contribution < 1.29 is 0 Å². The largest absolute Gasteiger partial charge is 0.365 e. The van der Waals surface area contributed by atoms with E-state index in [1.165, 1.54) is 6.33 Å². The second-order valence-electron chi connectivity index (χ2n) is 3.37. The fourth-order valence-corrected chi connectivity index (χ4v) is 1.75. The van der Waals surface area contributed by atoms with Gasteiger partial charge in [0.1, 0.15) is 12.1 Å². The Kier molecular flexibility index (Phi) is 4.62. The summed E-state index contributed by atoms with van der Waals surface area (Å²) in [6, 6.07) is 0.225. The molecule has 1 heterocycles. The van der Waals surface area contributed by atoms with Crippen LogP contribution >= 0.6 is 27.5 Å². The molecule has 0 radical (unpaired) electrons. The minimum absolute atomic E-state index is 0.225. The van der Waals surface area contributed by atoms with E-state index in [4.69, 9.17) is 11.6 Å². The Hall–Kier alpha value is -0.350. The molecule has 0 aromatic carbocycles. The van der Waals surface area contributed by atoms with E-state index in [1.54, 1.807) is 6.20 Å². The number of alkyl halides is 1. The summed E-state index contributed by atoms with van der Waals surface area (Å²) in [5.74, 6) is 1.82. The molecule has 1 aromatic heterocycles. The summed E-state index contributed by atoms with van der Waals surface area (Å²) in [6.07, 6.45) is 3.22. The number of aromatic nitrogens is 2. The molecule has 0 bridgehead atoms. The zero-order chi connectivity index (χ0) is 10.6. The maximum absolute atomic E-state index is 5.84. The van der Waals surface area contributed by atoms with E-state index in [0.717, 1.165) is 10.3 Å². The smallest absolute Gasteiger partial charge is 0.144 e. The Morgan fingerprint density at radius 3 is 2.79 bits per heavy atom. The first kappa shape index (κ1) is 11.7. The topological polar surface area (TPSA) is 37.8 Å². The Balaban J connectivity index is 2.72. The predicted molar refractivity (Wildman–Crippen MR) is 62.7 cm³/mol. The van der Waals surface area contributed by atoms with E-state index >= 15 is 0 Å². The normalized spacial score (nSPS) is 12.9. The lowest BCUT2D eigenvalue weighted by Gasteiger charge is -2.20. The van der Waals surface area contributed by atoms with Gasteiger partial charge < -0.3 is 5.32 Å². The minimum atomic E-state index is 0.225. The molecule has 14 heavy (non-hydrogen) atoms. The molecule has 0 aliphatic rings. The number of nitrogens with zero attached hydrogens (tertiary/aromatic N) is 2. The van der Waals surface area contributed by atoms with Gasteiger partial charge in [-0.05, 0) is 21.8 Å². The summed E-state index contributed by atoms with van der Waals surface area (Å²) in [7, 11) is 0. The monoisotopic (exact) mass is 277 g/mol. The highest BCUT2D eigenvalue weighted by molar-refractivity contribution is 9.10. The van der Waals surface area contributed by atoms with Crippen LogP contribution in [0.5, 0.6) is 0 Å². The molecule has 1 rings (SSSR count). The van der Waals surface area contributed by atoms with Gasteiger partial charge >= 0.3 is 0 Å². The maximum Gasteiger partial charge on any atom is 0.144 e. The van der Waals surface area contributed by atoms with E-state index in [-0.39, 0.29) is 6.04 Å². The van der Waals surface area contributed by atoms with Crippen molar-refractivity contribution in [3.05, 3.63) is 17.0 Å². The molecule has 1 unspecified atom stereocenters. The van der Waals surface area contributed by atoms with Crippen molar-refractivity contribution in [2.75, 3.05) is 11.2 Å². The lowest BCUT2D eigenvalue weighted by Crippen LogP contribution is -2.28. The summed E-state index contributed by atoms with van der Waals surface area (Å²) >= 11 is 9.22. The fourth-order valence-electron chi connectivity index (χ4n) is 0.978. The van der Waals surface area contributed by atoms with Crippen molar-refractivity contribution in [2.45, 2.75) is 19.9 Å². The van der Waals surface area contributed by atoms with E-state index in [9.17, 15) is 0 Å². The molecule has 0 amide bonds. The van der Waals surface area contributed by atoms with Gasteiger partial charge in [-0.2, -0.15) is 0 Å². The van der Waals surface area contributed by atoms with Gasteiger partial charge in [0.05, 0.1) is 4.47 Å². The van der Waals surface area contributed by atoms with E-state index in [1.807, 2.05) is 0 Å². The highest BCUT2D eigenvalue weighted by Crippen LogP contribution is 2.20. The molecule has 5 heteroatoms. The van der Waals surface area contributed by atoms with Gasteiger partial charge in [0.25, 0.3) is 0 Å². The van der Waals surface area contributed by atoms with Crippen LogP contribution in [0.2, 0.25) is 0 Å². The molecule has 0 aliphatic carbocycles. The van der Waals surface area contributed by atoms with Crippen LogP contribution in [0.15, 0.2) is 17.0 Å². The lowest BCUT2D eigenvalue weighted by atomic mass is 10.1.